The maximum absolute atomic E-state index is 12.0. The van der Waals surface area contributed by atoms with E-state index < -0.39 is 6.04 Å². The molecule has 2 rings (SSSR count). The number of amides is 1. The van der Waals surface area contributed by atoms with Crippen molar-refractivity contribution in [2.24, 2.45) is 5.10 Å². The van der Waals surface area contributed by atoms with Crippen LogP contribution < -0.4 is 15.5 Å². The highest BCUT2D eigenvalue weighted by molar-refractivity contribution is 5.87. The van der Waals surface area contributed by atoms with Crippen molar-refractivity contribution in [2.75, 3.05) is 11.9 Å². The van der Waals surface area contributed by atoms with E-state index in [-0.39, 0.29) is 11.7 Å². The lowest BCUT2D eigenvalue weighted by molar-refractivity contribution is -0.121. The van der Waals surface area contributed by atoms with Gasteiger partial charge in [0, 0.05) is 11.3 Å². The Bertz CT molecular complexity index is 699. The van der Waals surface area contributed by atoms with Crippen LogP contribution in [0, 0.1) is 0 Å². The number of benzene rings is 2. The molecule has 0 aliphatic heterocycles. The lowest BCUT2D eigenvalue weighted by atomic mass is 10.2. The van der Waals surface area contributed by atoms with E-state index >= 15 is 0 Å². The highest BCUT2D eigenvalue weighted by atomic mass is 16.5. The number of carbonyl (C=O) groups excluding carboxylic acids is 1. The first kappa shape index (κ1) is 17.3. The second kappa shape index (κ2) is 8.57. The summed E-state index contributed by atoms with van der Waals surface area (Å²) in [6, 6.07) is 13.7. The number of hydrazone groups is 1. The van der Waals surface area contributed by atoms with Crippen LogP contribution in [0.4, 0.5) is 5.69 Å². The van der Waals surface area contributed by atoms with Gasteiger partial charge in [-0.05, 0) is 50.2 Å². The molecule has 3 N–H and O–H groups in total. The standard InChI is InChI=1S/C18H21N3O3/c1-3-24-16-10-8-15(9-11-16)20-13(2)18(23)21-19-12-14-6-4-5-7-17(14)22/h4-13,20,22H,3H2,1-2H3,(H,21,23)/b19-12-/t13-/m0/s1. The number of phenols is 1. The van der Waals surface area contributed by atoms with Crippen molar-refractivity contribution in [1.82, 2.24) is 5.43 Å². The van der Waals surface area contributed by atoms with Crippen molar-refractivity contribution in [3.8, 4) is 11.5 Å². The largest absolute Gasteiger partial charge is 0.507 e. The maximum atomic E-state index is 12.0. The predicted octanol–water partition coefficient (Wildman–Crippen LogP) is 2.74. The van der Waals surface area contributed by atoms with Gasteiger partial charge in [0.25, 0.3) is 5.91 Å². The summed E-state index contributed by atoms with van der Waals surface area (Å²) in [5, 5.41) is 16.6. The molecule has 0 bridgehead atoms. The van der Waals surface area contributed by atoms with Crippen LogP contribution >= 0.6 is 0 Å². The molecule has 0 fully saturated rings. The number of hydrogen-bond donors (Lipinski definition) is 3. The molecule has 24 heavy (non-hydrogen) atoms. The summed E-state index contributed by atoms with van der Waals surface area (Å²) in [6.45, 7) is 4.27. The van der Waals surface area contributed by atoms with Crippen molar-refractivity contribution in [3.63, 3.8) is 0 Å². The highest BCUT2D eigenvalue weighted by Gasteiger charge is 2.11. The zero-order valence-electron chi connectivity index (χ0n) is 13.7. The Balaban J connectivity index is 1.86. The first-order chi connectivity index (χ1) is 11.6. The number of carbonyl (C=O) groups is 1. The van der Waals surface area contributed by atoms with Crippen LogP contribution in [0.3, 0.4) is 0 Å². The van der Waals surface area contributed by atoms with Crippen LogP contribution in [0.15, 0.2) is 53.6 Å². The average Bonchev–Trinajstić information content (AvgIpc) is 2.58. The minimum atomic E-state index is -0.468. The van der Waals surface area contributed by atoms with Crippen molar-refractivity contribution in [3.05, 3.63) is 54.1 Å². The minimum Gasteiger partial charge on any atom is -0.507 e. The first-order valence-electron chi connectivity index (χ1n) is 7.70. The Labute approximate surface area is 141 Å². The van der Waals surface area contributed by atoms with Crippen LogP contribution in [0.2, 0.25) is 0 Å². The molecule has 0 aliphatic rings. The summed E-state index contributed by atoms with van der Waals surface area (Å²) in [7, 11) is 0. The molecular weight excluding hydrogens is 306 g/mol. The molecule has 2 aromatic rings. The summed E-state index contributed by atoms with van der Waals surface area (Å²) in [4.78, 5) is 12.0. The van der Waals surface area contributed by atoms with Gasteiger partial charge in [-0.2, -0.15) is 5.10 Å². The topological polar surface area (TPSA) is 83.0 Å². The number of aromatic hydroxyl groups is 1. The fourth-order valence-electron chi connectivity index (χ4n) is 1.99. The summed E-state index contributed by atoms with van der Waals surface area (Å²) in [5.74, 6) is 0.610. The molecule has 0 unspecified atom stereocenters. The molecule has 0 saturated heterocycles. The lowest BCUT2D eigenvalue weighted by Crippen LogP contribution is -2.34. The number of para-hydroxylation sites is 1. The zero-order chi connectivity index (χ0) is 17.4. The molecule has 6 heteroatoms. The van der Waals surface area contributed by atoms with E-state index in [0.717, 1.165) is 11.4 Å². The fourth-order valence-corrected chi connectivity index (χ4v) is 1.99. The van der Waals surface area contributed by atoms with Crippen LogP contribution in [0.1, 0.15) is 19.4 Å². The van der Waals surface area contributed by atoms with E-state index in [4.69, 9.17) is 4.74 Å². The third kappa shape index (κ3) is 5.01. The molecule has 1 atom stereocenters. The minimum absolute atomic E-state index is 0.107. The van der Waals surface area contributed by atoms with Crippen LogP contribution in [-0.2, 0) is 4.79 Å². The second-order valence-corrected chi connectivity index (χ2v) is 5.12. The van der Waals surface area contributed by atoms with Gasteiger partial charge in [-0.15, -0.1) is 0 Å². The van der Waals surface area contributed by atoms with Crippen molar-refractivity contribution in [1.29, 1.82) is 0 Å². The van der Waals surface area contributed by atoms with Gasteiger partial charge in [0.1, 0.15) is 17.5 Å². The monoisotopic (exact) mass is 327 g/mol. The Morgan fingerprint density at radius 3 is 2.62 bits per heavy atom. The maximum Gasteiger partial charge on any atom is 0.262 e. The molecule has 0 radical (unpaired) electrons. The SMILES string of the molecule is CCOc1ccc(N[C@@H](C)C(=O)N/N=C\c2ccccc2O)cc1. The third-order valence-corrected chi connectivity index (χ3v) is 3.26. The third-order valence-electron chi connectivity index (χ3n) is 3.26. The van der Waals surface area contributed by atoms with Gasteiger partial charge in [0.2, 0.25) is 0 Å². The smallest absolute Gasteiger partial charge is 0.262 e. The van der Waals surface area contributed by atoms with Crippen molar-refractivity contribution < 1.29 is 14.6 Å². The Morgan fingerprint density at radius 1 is 1.25 bits per heavy atom. The molecule has 6 nitrogen and oxygen atoms in total. The number of anilines is 1. The molecule has 0 saturated carbocycles. The molecular formula is C18H21N3O3. The van der Waals surface area contributed by atoms with Crippen LogP contribution in [-0.4, -0.2) is 29.9 Å². The van der Waals surface area contributed by atoms with E-state index in [0.29, 0.717) is 12.2 Å². The molecule has 0 heterocycles. The van der Waals surface area contributed by atoms with Gasteiger partial charge >= 0.3 is 0 Å². The van der Waals surface area contributed by atoms with E-state index in [1.54, 1.807) is 31.2 Å². The number of nitrogens with zero attached hydrogens (tertiary/aromatic N) is 1. The number of hydrogen-bond acceptors (Lipinski definition) is 5. The van der Waals surface area contributed by atoms with Gasteiger partial charge in [0.05, 0.1) is 12.8 Å². The quantitative estimate of drug-likeness (QED) is 0.539. The van der Waals surface area contributed by atoms with Crippen molar-refractivity contribution >= 4 is 17.8 Å². The molecule has 126 valence electrons. The molecule has 0 aromatic heterocycles. The Hall–Kier alpha value is -3.02. The van der Waals surface area contributed by atoms with E-state index in [2.05, 4.69) is 15.8 Å². The Kier molecular flexibility index (Phi) is 6.19. The van der Waals surface area contributed by atoms with Gasteiger partial charge in [-0.25, -0.2) is 5.43 Å². The van der Waals surface area contributed by atoms with E-state index in [9.17, 15) is 9.90 Å². The van der Waals surface area contributed by atoms with Gasteiger partial charge < -0.3 is 15.2 Å². The molecule has 0 spiro atoms. The lowest BCUT2D eigenvalue weighted by Gasteiger charge is -2.14. The van der Waals surface area contributed by atoms with Crippen LogP contribution in [0.5, 0.6) is 11.5 Å². The average molecular weight is 327 g/mol. The van der Waals surface area contributed by atoms with Crippen molar-refractivity contribution in [2.45, 2.75) is 19.9 Å². The summed E-state index contributed by atoms with van der Waals surface area (Å²) < 4.78 is 5.37. The summed E-state index contributed by atoms with van der Waals surface area (Å²) >= 11 is 0. The zero-order valence-corrected chi connectivity index (χ0v) is 13.7. The second-order valence-electron chi connectivity index (χ2n) is 5.12. The first-order valence-corrected chi connectivity index (χ1v) is 7.70. The summed E-state index contributed by atoms with van der Waals surface area (Å²) in [6.07, 6.45) is 1.40. The number of nitrogens with one attached hydrogen (secondary N) is 2. The van der Waals surface area contributed by atoms with Gasteiger partial charge in [-0.3, -0.25) is 4.79 Å². The van der Waals surface area contributed by atoms with Gasteiger partial charge in [-0.1, -0.05) is 12.1 Å². The molecule has 2 aromatic carbocycles. The van der Waals surface area contributed by atoms with E-state index in [1.165, 1.54) is 6.21 Å². The summed E-state index contributed by atoms with van der Waals surface area (Å²) in [5.41, 5.74) is 3.79. The Morgan fingerprint density at radius 2 is 1.96 bits per heavy atom. The number of ether oxygens (including phenoxy) is 1. The molecule has 1 amide bonds. The number of phenolic OH excluding ortho intramolecular Hbond substituents is 1. The molecule has 0 aliphatic carbocycles. The fraction of sp³-hybridized carbons (Fsp3) is 0.222. The normalized spacial score (nSPS) is 11.9. The predicted molar refractivity (Wildman–Crippen MR) is 94.5 cm³/mol. The van der Waals surface area contributed by atoms with Gasteiger partial charge in [0.15, 0.2) is 0 Å². The number of rotatable bonds is 7. The van der Waals surface area contributed by atoms with Crippen LogP contribution in [0.25, 0.3) is 0 Å². The van der Waals surface area contributed by atoms with E-state index in [1.807, 2.05) is 31.2 Å². The highest BCUT2D eigenvalue weighted by Crippen LogP contribution is 2.16.